The van der Waals surface area contributed by atoms with Crippen molar-refractivity contribution in [2.24, 2.45) is 0 Å². The molecule has 0 amide bonds. The molecule has 0 aromatic carbocycles. The highest BCUT2D eigenvalue weighted by molar-refractivity contribution is 5.94. The Morgan fingerprint density at radius 3 is 3.11 bits per heavy atom. The lowest BCUT2D eigenvalue weighted by Crippen LogP contribution is -2.36. The van der Waals surface area contributed by atoms with Crippen molar-refractivity contribution in [2.45, 2.75) is 31.3 Å². The number of methoxy groups -OCH3 is 1. The van der Waals surface area contributed by atoms with Crippen molar-refractivity contribution in [3.05, 3.63) is 23.9 Å². The number of pyridine rings is 1. The van der Waals surface area contributed by atoms with E-state index >= 15 is 0 Å². The average molecular weight is 261 g/mol. The Morgan fingerprint density at radius 1 is 1.42 bits per heavy atom. The van der Waals surface area contributed by atoms with Gasteiger partial charge in [0.1, 0.15) is 11.4 Å². The predicted molar refractivity (Wildman–Crippen MR) is 72.4 cm³/mol. The monoisotopic (exact) mass is 261 g/mol. The zero-order valence-corrected chi connectivity index (χ0v) is 11.1. The van der Waals surface area contributed by atoms with Crippen LogP contribution in [0.1, 0.15) is 29.6 Å². The number of nitrogens with one attached hydrogen (secondary N) is 1. The summed E-state index contributed by atoms with van der Waals surface area (Å²) in [5.41, 5.74) is 0.558. The Kier molecular flexibility index (Phi) is 3.38. The Balaban J connectivity index is 1.87. The molecule has 2 saturated heterocycles. The number of hydrogen-bond acceptors (Lipinski definition) is 5. The van der Waals surface area contributed by atoms with Gasteiger partial charge >= 0.3 is 5.97 Å². The molecule has 2 aliphatic rings. The van der Waals surface area contributed by atoms with E-state index < -0.39 is 0 Å². The van der Waals surface area contributed by atoms with Gasteiger partial charge in [0.05, 0.1) is 7.11 Å². The Bertz CT molecular complexity index is 478. The molecule has 2 unspecified atom stereocenters. The highest BCUT2D eigenvalue weighted by Crippen LogP contribution is 2.25. The maximum Gasteiger partial charge on any atom is 0.341 e. The first-order chi connectivity index (χ1) is 9.28. The first-order valence-corrected chi connectivity index (χ1v) is 6.82. The van der Waals surface area contributed by atoms with Gasteiger partial charge in [0, 0.05) is 31.4 Å². The van der Waals surface area contributed by atoms with Crippen LogP contribution >= 0.6 is 0 Å². The van der Waals surface area contributed by atoms with Crippen LogP contribution in [0.3, 0.4) is 0 Å². The summed E-state index contributed by atoms with van der Waals surface area (Å²) in [7, 11) is 1.41. The van der Waals surface area contributed by atoms with Gasteiger partial charge in [-0.25, -0.2) is 9.78 Å². The lowest BCUT2D eigenvalue weighted by Gasteiger charge is -2.26. The van der Waals surface area contributed by atoms with E-state index in [-0.39, 0.29) is 5.97 Å². The number of nitrogens with zero attached hydrogens (tertiary/aromatic N) is 2. The summed E-state index contributed by atoms with van der Waals surface area (Å²) in [6.07, 6.45) is 5.32. The van der Waals surface area contributed by atoms with E-state index in [4.69, 9.17) is 4.74 Å². The third-order valence-corrected chi connectivity index (χ3v) is 4.01. The number of carbonyl (C=O) groups excluding carboxylic acids is 1. The van der Waals surface area contributed by atoms with Crippen LogP contribution in [0.4, 0.5) is 5.82 Å². The molecule has 102 valence electrons. The largest absolute Gasteiger partial charge is 0.465 e. The van der Waals surface area contributed by atoms with Crippen LogP contribution < -0.4 is 10.2 Å². The van der Waals surface area contributed by atoms with E-state index in [1.54, 1.807) is 18.3 Å². The van der Waals surface area contributed by atoms with E-state index in [2.05, 4.69) is 15.2 Å². The fourth-order valence-electron chi connectivity index (χ4n) is 3.05. The van der Waals surface area contributed by atoms with Crippen LogP contribution in [0, 0.1) is 0 Å². The molecule has 3 heterocycles. The van der Waals surface area contributed by atoms with Crippen molar-refractivity contribution in [1.29, 1.82) is 0 Å². The van der Waals surface area contributed by atoms with Gasteiger partial charge in [0.15, 0.2) is 0 Å². The molecular weight excluding hydrogens is 242 g/mol. The van der Waals surface area contributed by atoms with E-state index in [0.717, 1.165) is 25.3 Å². The summed E-state index contributed by atoms with van der Waals surface area (Å²) in [6, 6.07) is 4.70. The Labute approximate surface area is 113 Å². The molecule has 3 rings (SSSR count). The molecule has 5 nitrogen and oxygen atoms in total. The SMILES string of the molecule is COC(=O)c1cccnc1N1CCC2CCC(C1)N2. The lowest BCUT2D eigenvalue weighted by atomic mass is 10.1. The van der Waals surface area contributed by atoms with Gasteiger partial charge in [-0.1, -0.05) is 0 Å². The van der Waals surface area contributed by atoms with Gasteiger partial charge in [-0.05, 0) is 31.4 Å². The number of hydrogen-bond donors (Lipinski definition) is 1. The average Bonchev–Trinajstić information content (AvgIpc) is 2.77. The van der Waals surface area contributed by atoms with E-state index in [1.807, 2.05) is 0 Å². The van der Waals surface area contributed by atoms with E-state index in [0.29, 0.717) is 17.6 Å². The molecule has 2 atom stereocenters. The second kappa shape index (κ2) is 5.17. The Hall–Kier alpha value is -1.62. The number of carbonyl (C=O) groups is 1. The lowest BCUT2D eigenvalue weighted by molar-refractivity contribution is 0.0601. The maximum atomic E-state index is 11.8. The number of rotatable bonds is 2. The first kappa shape index (κ1) is 12.4. The predicted octanol–water partition coefficient (Wildman–Crippen LogP) is 1.20. The van der Waals surface area contributed by atoms with Gasteiger partial charge in [0.2, 0.25) is 0 Å². The molecule has 0 saturated carbocycles. The van der Waals surface area contributed by atoms with Crippen molar-refractivity contribution in [1.82, 2.24) is 10.3 Å². The molecular formula is C14H19N3O2. The smallest absolute Gasteiger partial charge is 0.341 e. The zero-order valence-electron chi connectivity index (χ0n) is 11.1. The minimum Gasteiger partial charge on any atom is -0.465 e. The van der Waals surface area contributed by atoms with Crippen molar-refractivity contribution in [3.8, 4) is 0 Å². The van der Waals surface area contributed by atoms with E-state index in [9.17, 15) is 4.79 Å². The van der Waals surface area contributed by atoms with Crippen LogP contribution in [-0.2, 0) is 4.74 Å². The van der Waals surface area contributed by atoms with Crippen LogP contribution in [-0.4, -0.2) is 43.2 Å². The fraction of sp³-hybridized carbons (Fsp3) is 0.571. The normalized spacial score (nSPS) is 26.1. The highest BCUT2D eigenvalue weighted by atomic mass is 16.5. The highest BCUT2D eigenvalue weighted by Gasteiger charge is 2.31. The zero-order chi connectivity index (χ0) is 13.2. The molecule has 1 aromatic rings. The van der Waals surface area contributed by atoms with Crippen molar-refractivity contribution in [3.63, 3.8) is 0 Å². The van der Waals surface area contributed by atoms with Crippen LogP contribution in [0.25, 0.3) is 0 Å². The number of fused-ring (bicyclic) bond motifs is 2. The third-order valence-electron chi connectivity index (χ3n) is 4.01. The second-order valence-electron chi connectivity index (χ2n) is 5.24. The van der Waals surface area contributed by atoms with Crippen LogP contribution in [0.2, 0.25) is 0 Å². The minimum absolute atomic E-state index is 0.314. The molecule has 1 aromatic heterocycles. The minimum atomic E-state index is -0.314. The van der Waals surface area contributed by atoms with Crippen molar-refractivity contribution >= 4 is 11.8 Å². The molecule has 0 spiro atoms. The molecule has 19 heavy (non-hydrogen) atoms. The number of esters is 1. The third kappa shape index (κ3) is 2.42. The number of aromatic nitrogens is 1. The maximum absolute atomic E-state index is 11.8. The summed E-state index contributed by atoms with van der Waals surface area (Å²) < 4.78 is 4.84. The topological polar surface area (TPSA) is 54.5 Å². The van der Waals surface area contributed by atoms with Gasteiger partial charge in [0.25, 0.3) is 0 Å². The van der Waals surface area contributed by atoms with E-state index in [1.165, 1.54) is 20.0 Å². The molecule has 0 radical (unpaired) electrons. The molecule has 2 aliphatic heterocycles. The molecule has 2 fully saturated rings. The molecule has 5 heteroatoms. The van der Waals surface area contributed by atoms with Gasteiger partial charge in [-0.15, -0.1) is 0 Å². The summed E-state index contributed by atoms with van der Waals surface area (Å²) in [5, 5.41) is 3.63. The van der Waals surface area contributed by atoms with Gasteiger partial charge in [-0.3, -0.25) is 0 Å². The quantitative estimate of drug-likeness (QED) is 0.811. The van der Waals surface area contributed by atoms with Crippen molar-refractivity contribution < 1.29 is 9.53 Å². The van der Waals surface area contributed by atoms with Gasteiger partial charge < -0.3 is 15.0 Å². The Morgan fingerprint density at radius 2 is 2.26 bits per heavy atom. The summed E-state index contributed by atoms with van der Waals surface area (Å²) >= 11 is 0. The second-order valence-corrected chi connectivity index (χ2v) is 5.24. The standard InChI is InChI=1S/C14H19N3O2/c1-19-14(18)12-3-2-7-15-13(12)17-8-6-10-4-5-11(9-17)16-10/h2-3,7,10-11,16H,4-6,8-9H2,1H3. The number of ether oxygens (including phenoxy) is 1. The first-order valence-electron chi connectivity index (χ1n) is 6.82. The molecule has 1 N–H and O–H groups in total. The fourth-order valence-corrected chi connectivity index (χ4v) is 3.05. The summed E-state index contributed by atoms with van der Waals surface area (Å²) in [6.45, 7) is 1.85. The van der Waals surface area contributed by atoms with Gasteiger partial charge in [-0.2, -0.15) is 0 Å². The van der Waals surface area contributed by atoms with Crippen LogP contribution in [0.5, 0.6) is 0 Å². The summed E-state index contributed by atoms with van der Waals surface area (Å²) in [5.74, 6) is 0.439. The van der Waals surface area contributed by atoms with Crippen molar-refractivity contribution in [2.75, 3.05) is 25.1 Å². The van der Waals surface area contributed by atoms with Crippen LogP contribution in [0.15, 0.2) is 18.3 Å². The molecule has 0 aliphatic carbocycles. The molecule has 2 bridgehead atoms. The number of anilines is 1. The summed E-state index contributed by atoms with van der Waals surface area (Å²) in [4.78, 5) is 18.4.